The summed E-state index contributed by atoms with van der Waals surface area (Å²) in [7, 11) is 1.69. The quantitative estimate of drug-likeness (QED) is 0.785. The molecular formula is C14H23NO. The van der Waals surface area contributed by atoms with Gasteiger partial charge >= 0.3 is 0 Å². The molecule has 0 radical (unpaired) electrons. The van der Waals surface area contributed by atoms with E-state index in [4.69, 9.17) is 4.74 Å². The molecule has 0 amide bonds. The molecule has 0 aliphatic heterocycles. The van der Waals surface area contributed by atoms with Gasteiger partial charge < -0.3 is 10.1 Å². The van der Waals surface area contributed by atoms with Crippen molar-refractivity contribution in [2.75, 3.05) is 12.4 Å². The molecule has 90 valence electrons. The molecule has 0 aromatic heterocycles. The molecule has 16 heavy (non-hydrogen) atoms. The first-order chi connectivity index (χ1) is 7.61. The van der Waals surface area contributed by atoms with Crippen LogP contribution in [0.1, 0.15) is 33.6 Å². The highest BCUT2D eigenvalue weighted by Crippen LogP contribution is 2.17. The zero-order valence-corrected chi connectivity index (χ0v) is 10.8. The summed E-state index contributed by atoms with van der Waals surface area (Å²) >= 11 is 0. The van der Waals surface area contributed by atoms with Crippen molar-refractivity contribution in [2.24, 2.45) is 5.92 Å². The SMILES string of the molecule is COc1ccc(NC(C)CCC(C)C)cc1. The molecule has 1 unspecified atom stereocenters. The predicted octanol–water partition coefficient (Wildman–Crippen LogP) is 3.93. The molecule has 2 nitrogen and oxygen atoms in total. The first kappa shape index (κ1) is 12.9. The van der Waals surface area contributed by atoms with Crippen molar-refractivity contribution in [3.63, 3.8) is 0 Å². The molecule has 2 heteroatoms. The highest BCUT2D eigenvalue weighted by atomic mass is 16.5. The number of hydrogen-bond donors (Lipinski definition) is 1. The summed E-state index contributed by atoms with van der Waals surface area (Å²) in [6.45, 7) is 6.76. The molecule has 0 fully saturated rings. The average Bonchev–Trinajstić information content (AvgIpc) is 2.27. The van der Waals surface area contributed by atoms with Crippen LogP contribution in [0.15, 0.2) is 24.3 Å². The molecule has 1 aromatic rings. The van der Waals surface area contributed by atoms with Crippen molar-refractivity contribution < 1.29 is 4.74 Å². The maximum absolute atomic E-state index is 5.13. The van der Waals surface area contributed by atoms with E-state index in [1.807, 2.05) is 12.1 Å². The number of rotatable bonds is 6. The van der Waals surface area contributed by atoms with E-state index in [1.165, 1.54) is 12.8 Å². The largest absolute Gasteiger partial charge is 0.497 e. The van der Waals surface area contributed by atoms with Crippen molar-refractivity contribution in [1.82, 2.24) is 0 Å². The second kappa shape index (κ2) is 6.41. The monoisotopic (exact) mass is 221 g/mol. The lowest BCUT2D eigenvalue weighted by molar-refractivity contribution is 0.415. The van der Waals surface area contributed by atoms with Crippen LogP contribution in [0, 0.1) is 5.92 Å². The minimum absolute atomic E-state index is 0.524. The Balaban J connectivity index is 2.40. The summed E-state index contributed by atoms with van der Waals surface area (Å²) in [5.74, 6) is 1.68. The van der Waals surface area contributed by atoms with E-state index >= 15 is 0 Å². The lowest BCUT2D eigenvalue weighted by Gasteiger charge is -2.16. The van der Waals surface area contributed by atoms with Gasteiger partial charge in [-0.3, -0.25) is 0 Å². The topological polar surface area (TPSA) is 21.3 Å². The van der Waals surface area contributed by atoms with Gasteiger partial charge in [0.1, 0.15) is 5.75 Å². The van der Waals surface area contributed by atoms with E-state index in [2.05, 4.69) is 38.2 Å². The van der Waals surface area contributed by atoms with Crippen LogP contribution in [-0.4, -0.2) is 13.2 Å². The molecule has 0 aliphatic rings. The van der Waals surface area contributed by atoms with Gasteiger partial charge in [0.2, 0.25) is 0 Å². The summed E-state index contributed by atoms with van der Waals surface area (Å²) < 4.78 is 5.13. The molecule has 1 atom stereocenters. The first-order valence-corrected chi connectivity index (χ1v) is 6.02. The maximum Gasteiger partial charge on any atom is 0.119 e. The Morgan fingerprint density at radius 2 is 1.69 bits per heavy atom. The summed E-state index contributed by atoms with van der Waals surface area (Å²) in [5.41, 5.74) is 1.16. The molecule has 1 aromatic carbocycles. The van der Waals surface area contributed by atoms with Gasteiger partial charge in [0.25, 0.3) is 0 Å². The van der Waals surface area contributed by atoms with Crippen LogP contribution in [0.4, 0.5) is 5.69 Å². The van der Waals surface area contributed by atoms with Crippen LogP contribution in [0.3, 0.4) is 0 Å². The Hall–Kier alpha value is -1.18. The number of methoxy groups -OCH3 is 1. The molecule has 0 saturated heterocycles. The standard InChI is InChI=1S/C14H23NO/c1-11(2)5-6-12(3)15-13-7-9-14(16-4)10-8-13/h7-12,15H,5-6H2,1-4H3. The number of anilines is 1. The first-order valence-electron chi connectivity index (χ1n) is 6.02. The van der Waals surface area contributed by atoms with E-state index in [0.717, 1.165) is 17.4 Å². The predicted molar refractivity (Wildman–Crippen MR) is 70.2 cm³/mol. The number of hydrogen-bond acceptors (Lipinski definition) is 2. The van der Waals surface area contributed by atoms with Gasteiger partial charge in [-0.05, 0) is 49.9 Å². The van der Waals surface area contributed by atoms with Crippen LogP contribution < -0.4 is 10.1 Å². The van der Waals surface area contributed by atoms with Crippen molar-refractivity contribution in [3.8, 4) is 5.75 Å². The molecule has 1 N–H and O–H groups in total. The van der Waals surface area contributed by atoms with Crippen molar-refractivity contribution >= 4 is 5.69 Å². The summed E-state index contributed by atoms with van der Waals surface area (Å²) in [5, 5.41) is 3.49. The van der Waals surface area contributed by atoms with Gasteiger partial charge in [-0.25, -0.2) is 0 Å². The van der Waals surface area contributed by atoms with Gasteiger partial charge in [-0.1, -0.05) is 13.8 Å². The van der Waals surface area contributed by atoms with Gasteiger partial charge in [-0.15, -0.1) is 0 Å². The maximum atomic E-state index is 5.13. The summed E-state index contributed by atoms with van der Waals surface area (Å²) in [4.78, 5) is 0. The van der Waals surface area contributed by atoms with E-state index in [1.54, 1.807) is 7.11 Å². The zero-order valence-electron chi connectivity index (χ0n) is 10.8. The number of ether oxygens (including phenoxy) is 1. The van der Waals surface area contributed by atoms with Gasteiger partial charge in [0.15, 0.2) is 0 Å². The highest BCUT2D eigenvalue weighted by Gasteiger charge is 2.03. The van der Waals surface area contributed by atoms with Crippen molar-refractivity contribution in [2.45, 2.75) is 39.7 Å². The summed E-state index contributed by atoms with van der Waals surface area (Å²) in [6, 6.07) is 8.61. The van der Waals surface area contributed by atoms with Crippen molar-refractivity contribution in [3.05, 3.63) is 24.3 Å². The fourth-order valence-electron chi connectivity index (χ4n) is 1.63. The van der Waals surface area contributed by atoms with Crippen LogP contribution in [0.2, 0.25) is 0 Å². The Morgan fingerprint density at radius 3 is 2.19 bits per heavy atom. The average molecular weight is 221 g/mol. The molecule has 0 heterocycles. The molecule has 0 saturated carbocycles. The number of nitrogens with one attached hydrogen (secondary N) is 1. The normalized spacial score (nSPS) is 12.6. The molecule has 0 spiro atoms. The Morgan fingerprint density at radius 1 is 1.06 bits per heavy atom. The van der Waals surface area contributed by atoms with Gasteiger partial charge in [0, 0.05) is 11.7 Å². The third-order valence-electron chi connectivity index (χ3n) is 2.68. The third kappa shape index (κ3) is 4.56. The number of benzene rings is 1. The van der Waals surface area contributed by atoms with Crippen LogP contribution >= 0.6 is 0 Å². The Labute approximate surface area is 99.0 Å². The minimum Gasteiger partial charge on any atom is -0.497 e. The second-order valence-corrected chi connectivity index (χ2v) is 4.75. The molecular weight excluding hydrogens is 198 g/mol. The highest BCUT2D eigenvalue weighted by molar-refractivity contribution is 5.46. The van der Waals surface area contributed by atoms with Crippen molar-refractivity contribution in [1.29, 1.82) is 0 Å². The Kier molecular flexibility index (Phi) is 5.17. The van der Waals surface area contributed by atoms with Gasteiger partial charge in [0.05, 0.1) is 7.11 Å². The van der Waals surface area contributed by atoms with E-state index in [9.17, 15) is 0 Å². The second-order valence-electron chi connectivity index (χ2n) is 4.75. The molecule has 0 aliphatic carbocycles. The third-order valence-corrected chi connectivity index (χ3v) is 2.68. The zero-order chi connectivity index (χ0) is 12.0. The van der Waals surface area contributed by atoms with Gasteiger partial charge in [-0.2, -0.15) is 0 Å². The summed E-state index contributed by atoms with van der Waals surface area (Å²) in [6.07, 6.45) is 2.48. The fourth-order valence-corrected chi connectivity index (χ4v) is 1.63. The molecule has 1 rings (SSSR count). The Bertz CT molecular complexity index is 292. The van der Waals surface area contributed by atoms with Crippen LogP contribution in [0.5, 0.6) is 5.75 Å². The van der Waals surface area contributed by atoms with E-state index < -0.39 is 0 Å². The van der Waals surface area contributed by atoms with E-state index in [-0.39, 0.29) is 0 Å². The molecule has 0 bridgehead atoms. The minimum atomic E-state index is 0.524. The lowest BCUT2D eigenvalue weighted by atomic mass is 10.0. The lowest BCUT2D eigenvalue weighted by Crippen LogP contribution is -2.15. The van der Waals surface area contributed by atoms with Crippen LogP contribution in [0.25, 0.3) is 0 Å². The van der Waals surface area contributed by atoms with Crippen LogP contribution in [-0.2, 0) is 0 Å². The smallest absolute Gasteiger partial charge is 0.119 e. The fraction of sp³-hybridized carbons (Fsp3) is 0.571. The van der Waals surface area contributed by atoms with E-state index in [0.29, 0.717) is 6.04 Å².